The zero-order chi connectivity index (χ0) is 14.3. The third kappa shape index (κ3) is 2.32. The maximum absolute atomic E-state index is 12.7. The molecule has 0 spiro atoms. The Morgan fingerprint density at radius 3 is 2.70 bits per heavy atom. The molecule has 0 aliphatic rings. The van der Waals surface area contributed by atoms with Gasteiger partial charge < -0.3 is 4.98 Å². The number of fused-ring (bicyclic) bond motifs is 1. The van der Waals surface area contributed by atoms with Crippen molar-refractivity contribution in [3.8, 4) is 0 Å². The summed E-state index contributed by atoms with van der Waals surface area (Å²) in [5, 5.41) is 1.31. The molecule has 100 valence electrons. The van der Waals surface area contributed by atoms with Crippen molar-refractivity contribution in [1.82, 2.24) is 4.98 Å². The highest BCUT2D eigenvalue weighted by Crippen LogP contribution is 2.30. The van der Waals surface area contributed by atoms with E-state index >= 15 is 0 Å². The Morgan fingerprint density at radius 1 is 1.10 bits per heavy atom. The lowest BCUT2D eigenvalue weighted by Crippen LogP contribution is -2.01. The minimum absolute atomic E-state index is 0.102. The SMILES string of the molecule is O=C(c1cc(Br)ccc1Cl)c1c[nH]c2cccc(Br)c12. The highest BCUT2D eigenvalue weighted by Gasteiger charge is 2.18. The fourth-order valence-corrected chi connectivity index (χ4v) is 3.28. The highest BCUT2D eigenvalue weighted by molar-refractivity contribution is 9.11. The molecule has 0 saturated carbocycles. The molecule has 0 amide bonds. The van der Waals surface area contributed by atoms with Crippen molar-refractivity contribution < 1.29 is 4.79 Å². The number of ketones is 1. The van der Waals surface area contributed by atoms with E-state index in [4.69, 9.17) is 11.6 Å². The monoisotopic (exact) mass is 411 g/mol. The predicted molar refractivity (Wildman–Crippen MR) is 88.6 cm³/mol. The molecule has 0 radical (unpaired) electrons. The fourth-order valence-electron chi connectivity index (χ4n) is 2.14. The van der Waals surface area contributed by atoms with Gasteiger partial charge in [0.15, 0.2) is 5.78 Å². The van der Waals surface area contributed by atoms with E-state index in [1.807, 2.05) is 24.3 Å². The van der Waals surface area contributed by atoms with Gasteiger partial charge in [0, 0.05) is 37.2 Å². The molecular formula is C15H8Br2ClNO. The lowest BCUT2D eigenvalue weighted by atomic mass is 10.0. The number of hydrogen-bond acceptors (Lipinski definition) is 1. The molecule has 0 saturated heterocycles. The number of benzene rings is 2. The molecule has 0 bridgehead atoms. The Balaban J connectivity index is 2.21. The Hall–Kier alpha value is -1.10. The summed E-state index contributed by atoms with van der Waals surface area (Å²) in [6, 6.07) is 11.0. The molecule has 0 atom stereocenters. The molecule has 2 nitrogen and oxygen atoms in total. The van der Waals surface area contributed by atoms with Gasteiger partial charge in [-0.25, -0.2) is 0 Å². The zero-order valence-electron chi connectivity index (χ0n) is 10.1. The molecule has 0 unspecified atom stereocenters. The fraction of sp³-hybridized carbons (Fsp3) is 0. The number of H-pyrrole nitrogens is 1. The van der Waals surface area contributed by atoms with Gasteiger partial charge in [0.1, 0.15) is 0 Å². The van der Waals surface area contributed by atoms with Crippen molar-refractivity contribution in [2.45, 2.75) is 0 Å². The van der Waals surface area contributed by atoms with Gasteiger partial charge in [-0.3, -0.25) is 4.79 Å². The smallest absolute Gasteiger partial charge is 0.196 e. The summed E-state index contributed by atoms with van der Waals surface area (Å²) < 4.78 is 1.70. The molecule has 20 heavy (non-hydrogen) atoms. The van der Waals surface area contributed by atoms with Crippen LogP contribution in [0.3, 0.4) is 0 Å². The van der Waals surface area contributed by atoms with Crippen LogP contribution in [0.4, 0.5) is 0 Å². The summed E-state index contributed by atoms with van der Waals surface area (Å²) in [4.78, 5) is 15.8. The van der Waals surface area contributed by atoms with Crippen molar-refractivity contribution in [3.63, 3.8) is 0 Å². The Kier molecular flexibility index (Phi) is 3.71. The van der Waals surface area contributed by atoms with Crippen molar-refractivity contribution in [2.24, 2.45) is 0 Å². The van der Waals surface area contributed by atoms with Crippen LogP contribution >= 0.6 is 43.5 Å². The number of halogens is 3. The van der Waals surface area contributed by atoms with Gasteiger partial charge in [0.2, 0.25) is 0 Å². The molecule has 0 aliphatic carbocycles. The number of rotatable bonds is 2. The number of hydrogen-bond donors (Lipinski definition) is 1. The van der Waals surface area contributed by atoms with Crippen molar-refractivity contribution >= 4 is 60.1 Å². The second-order valence-electron chi connectivity index (χ2n) is 4.32. The molecule has 0 fully saturated rings. The number of aromatic amines is 1. The Morgan fingerprint density at radius 2 is 1.90 bits per heavy atom. The van der Waals surface area contributed by atoms with Crippen LogP contribution in [0.15, 0.2) is 51.5 Å². The van der Waals surface area contributed by atoms with Crippen molar-refractivity contribution in [1.29, 1.82) is 0 Å². The first-order chi connectivity index (χ1) is 9.58. The maximum Gasteiger partial charge on any atom is 0.196 e. The average molecular weight is 413 g/mol. The van der Waals surface area contributed by atoms with Crippen molar-refractivity contribution in [2.75, 3.05) is 0 Å². The molecular weight excluding hydrogens is 405 g/mol. The zero-order valence-corrected chi connectivity index (χ0v) is 14.0. The van der Waals surface area contributed by atoms with Crippen LogP contribution in [-0.4, -0.2) is 10.8 Å². The summed E-state index contributed by atoms with van der Waals surface area (Å²) in [5.74, 6) is -0.102. The van der Waals surface area contributed by atoms with Gasteiger partial charge in [-0.15, -0.1) is 0 Å². The molecule has 1 heterocycles. The standard InChI is InChI=1S/C15H8Br2ClNO/c16-8-4-5-12(18)9(6-8)15(20)10-7-19-13-3-1-2-11(17)14(10)13/h1-7,19H. The van der Waals surface area contributed by atoms with Crippen LogP contribution in [0.5, 0.6) is 0 Å². The molecule has 1 aromatic heterocycles. The van der Waals surface area contributed by atoms with Gasteiger partial charge in [-0.05, 0) is 30.3 Å². The normalized spacial score (nSPS) is 10.9. The summed E-state index contributed by atoms with van der Waals surface area (Å²) in [5.41, 5.74) is 2.00. The van der Waals surface area contributed by atoms with Crippen LogP contribution in [0.25, 0.3) is 10.9 Å². The van der Waals surface area contributed by atoms with E-state index in [1.165, 1.54) is 0 Å². The first kappa shape index (κ1) is 13.9. The van der Waals surface area contributed by atoms with Crippen molar-refractivity contribution in [3.05, 3.63) is 67.7 Å². The van der Waals surface area contributed by atoms with E-state index in [1.54, 1.807) is 18.3 Å². The van der Waals surface area contributed by atoms with Crippen LogP contribution in [0.2, 0.25) is 5.02 Å². The first-order valence-corrected chi connectivity index (χ1v) is 7.79. The second-order valence-corrected chi connectivity index (χ2v) is 6.50. The molecule has 3 rings (SSSR count). The van der Waals surface area contributed by atoms with Gasteiger partial charge in [-0.2, -0.15) is 0 Å². The van der Waals surface area contributed by atoms with Gasteiger partial charge in [0.25, 0.3) is 0 Å². The summed E-state index contributed by atoms with van der Waals surface area (Å²) in [7, 11) is 0. The molecule has 3 aromatic rings. The van der Waals surface area contributed by atoms with E-state index in [2.05, 4.69) is 36.8 Å². The van der Waals surface area contributed by atoms with Gasteiger partial charge >= 0.3 is 0 Å². The third-order valence-electron chi connectivity index (χ3n) is 3.07. The minimum atomic E-state index is -0.102. The summed E-state index contributed by atoms with van der Waals surface area (Å²) in [6.45, 7) is 0. The number of aromatic nitrogens is 1. The summed E-state index contributed by atoms with van der Waals surface area (Å²) in [6.07, 6.45) is 1.72. The minimum Gasteiger partial charge on any atom is -0.360 e. The van der Waals surface area contributed by atoms with Gasteiger partial charge in [0.05, 0.1) is 5.02 Å². The molecule has 0 aliphatic heterocycles. The Labute approximate surface area is 137 Å². The van der Waals surface area contributed by atoms with Crippen LogP contribution in [-0.2, 0) is 0 Å². The van der Waals surface area contributed by atoms with Gasteiger partial charge in [-0.1, -0.05) is 49.5 Å². The second kappa shape index (κ2) is 5.35. The number of carbonyl (C=O) groups is 1. The largest absolute Gasteiger partial charge is 0.360 e. The topological polar surface area (TPSA) is 32.9 Å². The van der Waals surface area contributed by atoms with E-state index < -0.39 is 0 Å². The first-order valence-electron chi connectivity index (χ1n) is 5.83. The molecule has 5 heteroatoms. The number of carbonyl (C=O) groups excluding carboxylic acids is 1. The van der Waals surface area contributed by atoms with Crippen LogP contribution in [0.1, 0.15) is 15.9 Å². The van der Waals surface area contributed by atoms with Crippen LogP contribution < -0.4 is 0 Å². The van der Waals surface area contributed by atoms with E-state index in [0.29, 0.717) is 16.1 Å². The van der Waals surface area contributed by atoms with E-state index in [9.17, 15) is 4.79 Å². The van der Waals surface area contributed by atoms with E-state index in [0.717, 1.165) is 19.8 Å². The Bertz CT molecular complexity index is 826. The predicted octanol–water partition coefficient (Wildman–Crippen LogP) is 5.58. The quantitative estimate of drug-likeness (QED) is 0.547. The highest BCUT2D eigenvalue weighted by atomic mass is 79.9. The molecule has 2 aromatic carbocycles. The lowest BCUT2D eigenvalue weighted by Gasteiger charge is -2.04. The molecule has 1 N–H and O–H groups in total. The lowest BCUT2D eigenvalue weighted by molar-refractivity contribution is 0.104. The number of nitrogens with one attached hydrogen (secondary N) is 1. The van der Waals surface area contributed by atoms with Crippen LogP contribution in [0, 0.1) is 0 Å². The van der Waals surface area contributed by atoms with E-state index in [-0.39, 0.29) is 5.78 Å². The summed E-state index contributed by atoms with van der Waals surface area (Å²) >= 11 is 13.0. The third-order valence-corrected chi connectivity index (χ3v) is 4.56. The maximum atomic E-state index is 12.7. The average Bonchev–Trinajstić information content (AvgIpc) is 2.86.